The van der Waals surface area contributed by atoms with Crippen LogP contribution in [0.1, 0.15) is 19.8 Å². The van der Waals surface area contributed by atoms with Gasteiger partial charge in [0.2, 0.25) is 5.91 Å². The Balaban J connectivity index is 2.27. The predicted molar refractivity (Wildman–Crippen MR) is 54.9 cm³/mol. The van der Waals surface area contributed by atoms with Crippen LogP contribution in [0.2, 0.25) is 0 Å². The molecule has 0 aromatic rings. The molecule has 1 unspecified atom stereocenters. The van der Waals surface area contributed by atoms with Crippen LogP contribution in [0.25, 0.3) is 0 Å². The molecule has 0 saturated heterocycles. The number of amides is 1. The van der Waals surface area contributed by atoms with Crippen molar-refractivity contribution in [3.63, 3.8) is 0 Å². The van der Waals surface area contributed by atoms with Crippen LogP contribution in [-0.4, -0.2) is 49.2 Å². The van der Waals surface area contributed by atoms with Crippen molar-refractivity contribution in [2.24, 2.45) is 5.41 Å². The van der Waals surface area contributed by atoms with Gasteiger partial charge in [-0.3, -0.25) is 4.79 Å². The Labute approximate surface area is 85.3 Å². The average molecular weight is 200 g/mol. The Morgan fingerprint density at radius 2 is 2.14 bits per heavy atom. The Bertz CT molecular complexity index is 212. The molecule has 14 heavy (non-hydrogen) atoms. The highest BCUT2D eigenvalue weighted by atomic mass is 16.3. The van der Waals surface area contributed by atoms with Gasteiger partial charge in [0.1, 0.15) is 0 Å². The minimum absolute atomic E-state index is 0.0703. The van der Waals surface area contributed by atoms with Crippen molar-refractivity contribution in [2.45, 2.75) is 25.8 Å². The number of carbonyl (C=O) groups excluding carboxylic acids is 1. The van der Waals surface area contributed by atoms with E-state index in [0.29, 0.717) is 0 Å². The number of nitrogens with zero attached hydrogens (tertiary/aromatic N) is 1. The van der Waals surface area contributed by atoms with E-state index in [1.807, 2.05) is 6.92 Å². The highest BCUT2D eigenvalue weighted by Gasteiger charge is 2.42. The summed E-state index contributed by atoms with van der Waals surface area (Å²) in [6, 6.07) is -0.158. The lowest BCUT2D eigenvalue weighted by molar-refractivity contribution is -0.130. The van der Waals surface area contributed by atoms with E-state index in [-0.39, 0.29) is 24.0 Å². The fourth-order valence-corrected chi connectivity index (χ4v) is 1.41. The summed E-state index contributed by atoms with van der Waals surface area (Å²) in [6.07, 6.45) is 2.14. The number of nitrogens with one attached hydrogen (secondary N) is 1. The molecule has 1 rings (SSSR count). The molecule has 1 atom stereocenters. The molecule has 0 aromatic heterocycles. The fraction of sp³-hybridized carbons (Fsp3) is 0.900. The first-order valence-electron chi connectivity index (χ1n) is 5.06. The van der Waals surface area contributed by atoms with Gasteiger partial charge in [-0.2, -0.15) is 0 Å². The molecular formula is C10H20N2O2. The zero-order valence-corrected chi connectivity index (χ0v) is 9.21. The lowest BCUT2D eigenvalue weighted by Crippen LogP contribution is -2.44. The largest absolute Gasteiger partial charge is 0.396 e. The monoisotopic (exact) mass is 200 g/mol. The molecule has 4 nitrogen and oxygen atoms in total. The van der Waals surface area contributed by atoms with Crippen molar-refractivity contribution in [3.8, 4) is 0 Å². The van der Waals surface area contributed by atoms with E-state index < -0.39 is 0 Å². The second kappa shape index (κ2) is 4.28. The number of carbonyl (C=O) groups is 1. The topological polar surface area (TPSA) is 52.6 Å². The first kappa shape index (κ1) is 11.5. The highest BCUT2D eigenvalue weighted by Crippen LogP contribution is 2.44. The molecule has 4 heteroatoms. The lowest BCUT2D eigenvalue weighted by Gasteiger charge is -2.20. The summed E-state index contributed by atoms with van der Waals surface area (Å²) in [5.41, 5.74) is 0.0703. The van der Waals surface area contributed by atoms with Crippen molar-refractivity contribution in [3.05, 3.63) is 0 Å². The van der Waals surface area contributed by atoms with Crippen molar-refractivity contribution < 1.29 is 9.90 Å². The standard InChI is InChI=1S/C10H20N2O2/c1-8(9(14)12(2)3)11-6-10(7-13)4-5-10/h8,11,13H,4-7H2,1-3H3. The smallest absolute Gasteiger partial charge is 0.238 e. The maximum atomic E-state index is 11.5. The molecule has 1 amide bonds. The van der Waals surface area contributed by atoms with Gasteiger partial charge in [-0.15, -0.1) is 0 Å². The molecule has 0 aliphatic heterocycles. The number of hydrogen-bond donors (Lipinski definition) is 2. The fourth-order valence-electron chi connectivity index (χ4n) is 1.41. The van der Waals surface area contributed by atoms with Crippen molar-refractivity contribution in [1.82, 2.24) is 10.2 Å². The number of aliphatic hydroxyl groups excluding tert-OH is 1. The zero-order valence-electron chi connectivity index (χ0n) is 9.21. The zero-order chi connectivity index (χ0) is 10.8. The van der Waals surface area contributed by atoms with Gasteiger partial charge in [0.05, 0.1) is 6.04 Å². The molecule has 1 fully saturated rings. The van der Waals surface area contributed by atoms with E-state index in [9.17, 15) is 4.79 Å². The molecule has 0 aromatic carbocycles. The van der Waals surface area contributed by atoms with Crippen molar-refractivity contribution in [1.29, 1.82) is 0 Å². The molecule has 0 radical (unpaired) electrons. The molecule has 0 spiro atoms. The van der Waals surface area contributed by atoms with E-state index in [1.165, 1.54) is 0 Å². The van der Waals surface area contributed by atoms with Gasteiger partial charge < -0.3 is 15.3 Å². The van der Waals surface area contributed by atoms with Gasteiger partial charge in [0.15, 0.2) is 0 Å². The average Bonchev–Trinajstić information content (AvgIpc) is 2.93. The second-order valence-corrected chi connectivity index (χ2v) is 4.49. The van der Waals surface area contributed by atoms with Gasteiger partial charge >= 0.3 is 0 Å². The van der Waals surface area contributed by atoms with Crippen LogP contribution in [-0.2, 0) is 4.79 Å². The van der Waals surface area contributed by atoms with Crippen LogP contribution >= 0.6 is 0 Å². The Hall–Kier alpha value is -0.610. The predicted octanol–water partition coefficient (Wildman–Crippen LogP) is -0.175. The van der Waals surface area contributed by atoms with Crippen LogP contribution in [0.3, 0.4) is 0 Å². The van der Waals surface area contributed by atoms with E-state index in [4.69, 9.17) is 5.11 Å². The Morgan fingerprint density at radius 3 is 2.50 bits per heavy atom. The molecule has 1 aliphatic rings. The maximum Gasteiger partial charge on any atom is 0.238 e. The SMILES string of the molecule is CC(NCC1(CO)CC1)C(=O)N(C)C. The van der Waals surface area contributed by atoms with Crippen LogP contribution < -0.4 is 5.32 Å². The van der Waals surface area contributed by atoms with Gasteiger partial charge in [0, 0.05) is 32.7 Å². The molecule has 1 aliphatic carbocycles. The molecular weight excluding hydrogens is 180 g/mol. The second-order valence-electron chi connectivity index (χ2n) is 4.49. The number of hydrogen-bond acceptors (Lipinski definition) is 3. The minimum atomic E-state index is -0.158. The summed E-state index contributed by atoms with van der Waals surface area (Å²) in [7, 11) is 3.50. The van der Waals surface area contributed by atoms with E-state index >= 15 is 0 Å². The Kier molecular flexibility index (Phi) is 3.50. The summed E-state index contributed by atoms with van der Waals surface area (Å²) < 4.78 is 0. The number of aliphatic hydroxyl groups is 1. The van der Waals surface area contributed by atoms with Crippen LogP contribution in [0.15, 0.2) is 0 Å². The van der Waals surface area contributed by atoms with E-state index in [2.05, 4.69) is 5.32 Å². The van der Waals surface area contributed by atoms with Crippen LogP contribution in [0.5, 0.6) is 0 Å². The molecule has 2 N–H and O–H groups in total. The Morgan fingerprint density at radius 1 is 1.57 bits per heavy atom. The van der Waals surface area contributed by atoms with Crippen molar-refractivity contribution >= 4 is 5.91 Å². The first-order chi connectivity index (χ1) is 6.51. The summed E-state index contributed by atoms with van der Waals surface area (Å²) in [5, 5.41) is 12.2. The molecule has 82 valence electrons. The quantitative estimate of drug-likeness (QED) is 0.647. The van der Waals surface area contributed by atoms with E-state index in [1.54, 1.807) is 19.0 Å². The van der Waals surface area contributed by atoms with Crippen LogP contribution in [0, 0.1) is 5.41 Å². The summed E-state index contributed by atoms with van der Waals surface area (Å²) in [4.78, 5) is 13.0. The van der Waals surface area contributed by atoms with Gasteiger partial charge in [-0.1, -0.05) is 0 Å². The third-order valence-corrected chi connectivity index (χ3v) is 2.89. The third kappa shape index (κ3) is 2.69. The van der Waals surface area contributed by atoms with Gasteiger partial charge in [0.25, 0.3) is 0 Å². The first-order valence-corrected chi connectivity index (χ1v) is 5.06. The van der Waals surface area contributed by atoms with Crippen molar-refractivity contribution in [2.75, 3.05) is 27.2 Å². The third-order valence-electron chi connectivity index (χ3n) is 2.89. The van der Waals surface area contributed by atoms with Gasteiger partial charge in [-0.05, 0) is 19.8 Å². The number of likely N-dealkylation sites (N-methyl/N-ethyl adjacent to an activating group) is 1. The summed E-state index contributed by atoms with van der Waals surface area (Å²) in [6.45, 7) is 2.82. The molecule has 0 heterocycles. The molecule has 1 saturated carbocycles. The summed E-state index contributed by atoms with van der Waals surface area (Å²) in [5.74, 6) is 0.0822. The van der Waals surface area contributed by atoms with E-state index in [0.717, 1.165) is 19.4 Å². The normalized spacial score (nSPS) is 20.3. The number of rotatable bonds is 5. The van der Waals surface area contributed by atoms with Gasteiger partial charge in [-0.25, -0.2) is 0 Å². The summed E-state index contributed by atoms with van der Waals surface area (Å²) >= 11 is 0. The van der Waals surface area contributed by atoms with Crippen LogP contribution in [0.4, 0.5) is 0 Å². The molecule has 0 bridgehead atoms. The maximum absolute atomic E-state index is 11.5. The lowest BCUT2D eigenvalue weighted by atomic mass is 10.1. The minimum Gasteiger partial charge on any atom is -0.396 e. The highest BCUT2D eigenvalue weighted by molar-refractivity contribution is 5.80.